The van der Waals surface area contributed by atoms with Gasteiger partial charge in [0.25, 0.3) is 0 Å². The summed E-state index contributed by atoms with van der Waals surface area (Å²) in [6, 6.07) is 9.56. The van der Waals surface area contributed by atoms with Gasteiger partial charge in [-0.3, -0.25) is 4.79 Å². The van der Waals surface area contributed by atoms with Crippen molar-refractivity contribution in [2.45, 2.75) is 6.42 Å². The third-order valence-corrected chi connectivity index (χ3v) is 2.20. The predicted molar refractivity (Wildman–Crippen MR) is 53.0 cm³/mol. The molecule has 0 unspecified atom stereocenters. The number of benzene rings is 1. The Labute approximate surface area is 81.0 Å². The van der Waals surface area contributed by atoms with Crippen molar-refractivity contribution in [2.24, 2.45) is 0 Å². The Kier molecular flexibility index (Phi) is 2.04. The van der Waals surface area contributed by atoms with Crippen LogP contribution in [0.15, 0.2) is 24.3 Å². The SMILES string of the molecule is N#CCc1[nH]c2ccccc2c1C=O. The summed E-state index contributed by atoms with van der Waals surface area (Å²) >= 11 is 0. The third-order valence-electron chi connectivity index (χ3n) is 2.20. The van der Waals surface area contributed by atoms with Gasteiger partial charge in [-0.15, -0.1) is 0 Å². The highest BCUT2D eigenvalue weighted by Gasteiger charge is 2.08. The van der Waals surface area contributed by atoms with Gasteiger partial charge in [0, 0.05) is 22.2 Å². The summed E-state index contributed by atoms with van der Waals surface area (Å²) in [5.41, 5.74) is 2.20. The number of hydrogen-bond donors (Lipinski definition) is 1. The Bertz CT molecular complexity index is 520. The zero-order chi connectivity index (χ0) is 9.97. The van der Waals surface area contributed by atoms with Gasteiger partial charge in [0.2, 0.25) is 0 Å². The van der Waals surface area contributed by atoms with Gasteiger partial charge in [0.1, 0.15) is 0 Å². The van der Waals surface area contributed by atoms with E-state index in [0.29, 0.717) is 11.3 Å². The Morgan fingerprint density at radius 2 is 2.21 bits per heavy atom. The molecule has 0 fully saturated rings. The van der Waals surface area contributed by atoms with E-state index in [0.717, 1.165) is 17.2 Å². The maximum atomic E-state index is 10.8. The van der Waals surface area contributed by atoms with Gasteiger partial charge in [0.15, 0.2) is 6.29 Å². The third kappa shape index (κ3) is 1.17. The molecule has 1 aromatic heterocycles. The second-order valence-electron chi connectivity index (χ2n) is 3.02. The highest BCUT2D eigenvalue weighted by Crippen LogP contribution is 2.20. The molecule has 0 saturated heterocycles. The van der Waals surface area contributed by atoms with E-state index in [1.54, 1.807) is 0 Å². The van der Waals surface area contributed by atoms with Gasteiger partial charge in [-0.2, -0.15) is 5.26 Å². The quantitative estimate of drug-likeness (QED) is 0.726. The second-order valence-corrected chi connectivity index (χ2v) is 3.02. The first-order chi connectivity index (χ1) is 6.86. The maximum Gasteiger partial charge on any atom is 0.152 e. The van der Waals surface area contributed by atoms with Gasteiger partial charge in [-0.1, -0.05) is 18.2 Å². The molecular formula is C11H8N2O. The van der Waals surface area contributed by atoms with Crippen molar-refractivity contribution in [2.75, 3.05) is 0 Å². The van der Waals surface area contributed by atoms with E-state index in [2.05, 4.69) is 4.98 Å². The molecular weight excluding hydrogens is 176 g/mol. The summed E-state index contributed by atoms with van der Waals surface area (Å²) in [4.78, 5) is 13.9. The fourth-order valence-electron chi connectivity index (χ4n) is 1.57. The molecule has 0 bridgehead atoms. The van der Waals surface area contributed by atoms with Crippen molar-refractivity contribution in [3.8, 4) is 6.07 Å². The summed E-state index contributed by atoms with van der Waals surface area (Å²) in [5.74, 6) is 0. The molecule has 0 aliphatic heterocycles. The molecule has 2 rings (SSSR count). The Balaban J connectivity index is 2.73. The largest absolute Gasteiger partial charge is 0.357 e. The smallest absolute Gasteiger partial charge is 0.152 e. The van der Waals surface area contributed by atoms with Crippen LogP contribution in [0.2, 0.25) is 0 Å². The van der Waals surface area contributed by atoms with Crippen molar-refractivity contribution >= 4 is 17.2 Å². The number of carbonyl (C=O) groups is 1. The Morgan fingerprint density at radius 3 is 2.93 bits per heavy atom. The van der Waals surface area contributed by atoms with Crippen molar-refractivity contribution in [3.05, 3.63) is 35.5 Å². The van der Waals surface area contributed by atoms with Crippen LogP contribution in [0.1, 0.15) is 16.1 Å². The molecule has 0 atom stereocenters. The lowest BCUT2D eigenvalue weighted by Gasteiger charge is -1.89. The van der Waals surface area contributed by atoms with E-state index in [1.807, 2.05) is 30.3 Å². The number of aromatic amines is 1. The molecule has 0 saturated carbocycles. The lowest BCUT2D eigenvalue weighted by molar-refractivity contribution is 0.112. The first-order valence-corrected chi connectivity index (χ1v) is 4.28. The van der Waals surface area contributed by atoms with E-state index < -0.39 is 0 Å². The minimum atomic E-state index is 0.239. The fraction of sp³-hybridized carbons (Fsp3) is 0.0909. The van der Waals surface area contributed by atoms with Crippen LogP contribution in [0.25, 0.3) is 10.9 Å². The summed E-state index contributed by atoms with van der Waals surface area (Å²) in [6.45, 7) is 0. The summed E-state index contributed by atoms with van der Waals surface area (Å²) in [5, 5.41) is 9.46. The minimum absolute atomic E-state index is 0.239. The number of para-hydroxylation sites is 1. The summed E-state index contributed by atoms with van der Waals surface area (Å²) < 4.78 is 0. The molecule has 0 spiro atoms. The van der Waals surface area contributed by atoms with Crippen molar-refractivity contribution in [3.63, 3.8) is 0 Å². The molecule has 0 aliphatic carbocycles. The molecule has 0 aliphatic rings. The summed E-state index contributed by atoms with van der Waals surface area (Å²) in [7, 11) is 0. The van der Waals surface area contributed by atoms with Crippen LogP contribution in [0, 0.1) is 11.3 Å². The van der Waals surface area contributed by atoms with Crippen LogP contribution in [0.3, 0.4) is 0 Å². The van der Waals surface area contributed by atoms with Crippen LogP contribution in [-0.4, -0.2) is 11.3 Å². The Morgan fingerprint density at radius 1 is 1.43 bits per heavy atom. The fourth-order valence-corrected chi connectivity index (χ4v) is 1.57. The van der Waals surface area contributed by atoms with Crippen LogP contribution >= 0.6 is 0 Å². The van der Waals surface area contributed by atoms with Gasteiger partial charge < -0.3 is 4.98 Å². The maximum absolute atomic E-state index is 10.8. The van der Waals surface area contributed by atoms with Gasteiger partial charge in [-0.25, -0.2) is 0 Å². The molecule has 68 valence electrons. The van der Waals surface area contributed by atoms with Crippen LogP contribution in [0.5, 0.6) is 0 Å². The molecule has 3 heteroatoms. The number of aromatic nitrogens is 1. The topological polar surface area (TPSA) is 56.6 Å². The van der Waals surface area contributed by atoms with Gasteiger partial charge >= 0.3 is 0 Å². The number of rotatable bonds is 2. The number of fused-ring (bicyclic) bond motifs is 1. The van der Waals surface area contributed by atoms with Crippen molar-refractivity contribution < 1.29 is 4.79 Å². The van der Waals surface area contributed by atoms with Crippen molar-refractivity contribution in [1.29, 1.82) is 5.26 Å². The molecule has 0 amide bonds. The zero-order valence-corrected chi connectivity index (χ0v) is 7.45. The average Bonchev–Trinajstić information content (AvgIpc) is 2.55. The lowest BCUT2D eigenvalue weighted by Crippen LogP contribution is -1.87. The minimum Gasteiger partial charge on any atom is -0.357 e. The molecule has 3 nitrogen and oxygen atoms in total. The highest BCUT2D eigenvalue weighted by atomic mass is 16.1. The van der Waals surface area contributed by atoms with E-state index in [4.69, 9.17) is 5.26 Å². The molecule has 2 aromatic rings. The van der Waals surface area contributed by atoms with E-state index in [-0.39, 0.29) is 6.42 Å². The van der Waals surface area contributed by atoms with Crippen LogP contribution in [-0.2, 0) is 6.42 Å². The van der Waals surface area contributed by atoms with Gasteiger partial charge in [0.05, 0.1) is 12.5 Å². The second kappa shape index (κ2) is 3.35. The van der Waals surface area contributed by atoms with E-state index >= 15 is 0 Å². The molecule has 1 N–H and O–H groups in total. The number of hydrogen-bond acceptors (Lipinski definition) is 2. The van der Waals surface area contributed by atoms with Crippen LogP contribution in [0.4, 0.5) is 0 Å². The first kappa shape index (κ1) is 8.52. The van der Waals surface area contributed by atoms with Crippen LogP contribution < -0.4 is 0 Å². The van der Waals surface area contributed by atoms with Gasteiger partial charge in [-0.05, 0) is 6.07 Å². The number of carbonyl (C=O) groups excluding carboxylic acids is 1. The molecule has 1 aromatic carbocycles. The Hall–Kier alpha value is -2.08. The predicted octanol–water partition coefficient (Wildman–Crippen LogP) is 2.05. The number of aldehydes is 1. The number of nitrogens with one attached hydrogen (secondary N) is 1. The number of nitrogens with zero attached hydrogens (tertiary/aromatic N) is 1. The molecule has 1 heterocycles. The molecule has 0 radical (unpaired) electrons. The van der Waals surface area contributed by atoms with E-state index in [1.165, 1.54) is 0 Å². The number of nitriles is 1. The van der Waals surface area contributed by atoms with Crippen molar-refractivity contribution in [1.82, 2.24) is 4.98 Å². The normalized spacial score (nSPS) is 9.93. The zero-order valence-electron chi connectivity index (χ0n) is 7.45. The lowest BCUT2D eigenvalue weighted by atomic mass is 10.1. The molecule has 14 heavy (non-hydrogen) atoms. The summed E-state index contributed by atoms with van der Waals surface area (Å²) in [6.07, 6.45) is 1.04. The monoisotopic (exact) mass is 184 g/mol. The standard InChI is InChI=1S/C11H8N2O/c12-6-5-11-9(7-14)8-3-1-2-4-10(8)13-11/h1-4,7,13H,5H2. The van der Waals surface area contributed by atoms with E-state index in [9.17, 15) is 4.79 Å². The number of H-pyrrole nitrogens is 1. The average molecular weight is 184 g/mol. The highest BCUT2D eigenvalue weighted by molar-refractivity contribution is 5.98. The first-order valence-electron chi connectivity index (χ1n) is 4.28.